The molecule has 1 N–H and O–H groups in total. The number of phenols is 1. The molecular formula is C26H12F6O5. The van der Waals surface area contributed by atoms with Gasteiger partial charge in [0.05, 0.1) is 22.3 Å². The minimum absolute atomic E-state index is 0.116. The van der Waals surface area contributed by atoms with E-state index in [4.69, 9.17) is 8.83 Å². The molecule has 2 aromatic heterocycles. The molecule has 5 nitrogen and oxygen atoms in total. The van der Waals surface area contributed by atoms with Gasteiger partial charge in [-0.15, -0.1) is 0 Å². The van der Waals surface area contributed by atoms with E-state index in [1.165, 1.54) is 12.1 Å². The molecule has 0 aliphatic carbocycles. The summed E-state index contributed by atoms with van der Waals surface area (Å²) in [6.07, 6.45) is -7.59. The minimum atomic E-state index is -4.68. The van der Waals surface area contributed by atoms with Crippen LogP contribution in [-0.2, 0) is 12.4 Å². The van der Waals surface area contributed by atoms with E-state index in [0.717, 1.165) is 55.0 Å². The summed E-state index contributed by atoms with van der Waals surface area (Å²) in [6, 6.07) is 8.78. The summed E-state index contributed by atoms with van der Waals surface area (Å²) in [5.74, 6) is -0.667. The van der Waals surface area contributed by atoms with Gasteiger partial charge in [-0.2, -0.15) is 26.3 Å². The van der Waals surface area contributed by atoms with Crippen molar-refractivity contribution in [3.05, 3.63) is 98.7 Å². The third kappa shape index (κ3) is 4.11. The van der Waals surface area contributed by atoms with Crippen molar-refractivity contribution >= 4 is 21.9 Å². The van der Waals surface area contributed by atoms with Crippen LogP contribution < -0.4 is 10.9 Å². The second-order valence-corrected chi connectivity index (χ2v) is 8.09. The minimum Gasteiger partial charge on any atom is -0.507 e. The number of hydrogen-bond donors (Lipinski definition) is 1. The molecule has 188 valence electrons. The zero-order chi connectivity index (χ0) is 26.7. The molecule has 0 atom stereocenters. The van der Waals surface area contributed by atoms with E-state index < -0.39 is 51.1 Å². The highest BCUT2D eigenvalue weighted by Gasteiger charge is 2.32. The van der Waals surface area contributed by atoms with Gasteiger partial charge in [-0.05, 0) is 35.4 Å². The molecule has 0 aliphatic heterocycles. The van der Waals surface area contributed by atoms with Crippen molar-refractivity contribution in [2.45, 2.75) is 12.4 Å². The molecule has 0 saturated heterocycles. The highest BCUT2D eigenvalue weighted by atomic mass is 19.4. The average molecular weight is 518 g/mol. The number of hydrogen-bond acceptors (Lipinski definition) is 5. The number of fused-ring (bicyclic) bond motifs is 3. The monoisotopic (exact) mass is 518 g/mol. The molecule has 2 heterocycles. The fourth-order valence-electron chi connectivity index (χ4n) is 4.01. The van der Waals surface area contributed by atoms with Gasteiger partial charge in [-0.25, -0.2) is 0 Å². The molecule has 0 bridgehead atoms. The molecule has 5 aromatic rings. The Morgan fingerprint density at radius 3 is 1.65 bits per heavy atom. The van der Waals surface area contributed by atoms with Crippen molar-refractivity contribution in [2.75, 3.05) is 0 Å². The first kappa shape index (κ1) is 24.2. The van der Waals surface area contributed by atoms with E-state index in [0.29, 0.717) is 0 Å². The van der Waals surface area contributed by atoms with E-state index in [2.05, 4.69) is 0 Å². The highest BCUT2D eigenvalue weighted by molar-refractivity contribution is 6.06. The van der Waals surface area contributed by atoms with Crippen molar-refractivity contribution < 1.29 is 40.3 Å². The Balaban J connectivity index is 1.77. The third-order valence-electron chi connectivity index (χ3n) is 5.77. The van der Waals surface area contributed by atoms with E-state index in [1.54, 1.807) is 0 Å². The summed E-state index contributed by atoms with van der Waals surface area (Å²) in [7, 11) is 0. The number of rotatable bonds is 2. The van der Waals surface area contributed by atoms with Crippen LogP contribution in [0.3, 0.4) is 0 Å². The Morgan fingerprint density at radius 1 is 0.649 bits per heavy atom. The van der Waals surface area contributed by atoms with Gasteiger partial charge in [-0.1, -0.05) is 24.3 Å². The molecule has 0 spiro atoms. The zero-order valence-electron chi connectivity index (χ0n) is 18.2. The first-order chi connectivity index (χ1) is 17.4. The molecule has 0 unspecified atom stereocenters. The SMILES string of the molecule is O=c1c(-c2cccc(C(F)(F)F)c2)coc2c1c(O)cc1occ(-c3cccc(C(F)(F)F)c3)c(=O)c12. The molecule has 0 radical (unpaired) electrons. The standard InChI is InChI=1S/C26H12F6O5/c27-25(28,29)14-5-1-3-12(7-14)16-10-36-19-9-18(33)20-22(34)17(11-37-24(20)21(19)23(16)35)13-4-2-6-15(8-13)26(30,31)32/h1-11,33H. The van der Waals surface area contributed by atoms with Crippen LogP contribution in [0, 0.1) is 0 Å². The van der Waals surface area contributed by atoms with Crippen LogP contribution in [0.4, 0.5) is 26.3 Å². The van der Waals surface area contributed by atoms with Crippen molar-refractivity contribution in [3.63, 3.8) is 0 Å². The molecule has 3 aromatic carbocycles. The normalized spacial score (nSPS) is 12.4. The molecular weight excluding hydrogens is 506 g/mol. The van der Waals surface area contributed by atoms with Crippen molar-refractivity contribution in [3.8, 4) is 28.0 Å². The van der Waals surface area contributed by atoms with Gasteiger partial charge >= 0.3 is 12.4 Å². The van der Waals surface area contributed by atoms with E-state index in [-0.39, 0.29) is 33.2 Å². The molecule has 0 saturated carbocycles. The van der Waals surface area contributed by atoms with Gasteiger partial charge in [0.1, 0.15) is 34.6 Å². The van der Waals surface area contributed by atoms with Gasteiger partial charge in [0.2, 0.25) is 10.9 Å². The predicted molar refractivity (Wildman–Crippen MR) is 121 cm³/mol. The van der Waals surface area contributed by atoms with Gasteiger partial charge in [0.15, 0.2) is 5.58 Å². The largest absolute Gasteiger partial charge is 0.507 e. The fraction of sp³-hybridized carbons (Fsp3) is 0.0769. The van der Waals surface area contributed by atoms with Crippen molar-refractivity contribution in [2.24, 2.45) is 0 Å². The van der Waals surface area contributed by atoms with Crippen molar-refractivity contribution in [1.82, 2.24) is 0 Å². The summed E-state index contributed by atoms with van der Waals surface area (Å²) < 4.78 is 89.7. The Hall–Kier alpha value is -4.54. The van der Waals surface area contributed by atoms with Gasteiger partial charge in [0, 0.05) is 6.07 Å². The number of aromatic hydroxyl groups is 1. The molecule has 11 heteroatoms. The second-order valence-electron chi connectivity index (χ2n) is 8.09. The van der Waals surface area contributed by atoms with Crippen LogP contribution in [0.5, 0.6) is 5.75 Å². The van der Waals surface area contributed by atoms with Crippen LogP contribution >= 0.6 is 0 Å². The molecule has 0 fully saturated rings. The Labute approximate surface area is 201 Å². The first-order valence-corrected chi connectivity index (χ1v) is 10.4. The van der Waals surface area contributed by atoms with Crippen LogP contribution in [0.2, 0.25) is 0 Å². The fourth-order valence-corrected chi connectivity index (χ4v) is 4.01. The number of phenolic OH excluding ortho intramolecular Hbond substituents is 1. The van der Waals surface area contributed by atoms with Gasteiger partial charge in [-0.3, -0.25) is 9.59 Å². The quantitative estimate of drug-likeness (QED) is 0.202. The predicted octanol–water partition coefficient (Wildman–Crippen LogP) is 6.98. The molecule has 37 heavy (non-hydrogen) atoms. The maximum absolute atomic E-state index is 13.3. The zero-order valence-corrected chi connectivity index (χ0v) is 18.2. The first-order valence-electron chi connectivity index (χ1n) is 10.4. The number of alkyl halides is 6. The van der Waals surface area contributed by atoms with Crippen molar-refractivity contribution in [1.29, 1.82) is 0 Å². The van der Waals surface area contributed by atoms with Gasteiger partial charge in [0.25, 0.3) is 0 Å². The Kier molecular flexibility index (Phi) is 5.39. The Morgan fingerprint density at radius 2 is 1.14 bits per heavy atom. The number of benzene rings is 3. The van der Waals surface area contributed by atoms with Crippen LogP contribution in [-0.4, -0.2) is 5.11 Å². The molecule has 5 rings (SSSR count). The number of halogens is 6. The lowest BCUT2D eigenvalue weighted by molar-refractivity contribution is -0.138. The lowest BCUT2D eigenvalue weighted by Crippen LogP contribution is -2.11. The third-order valence-corrected chi connectivity index (χ3v) is 5.77. The summed E-state index contributed by atoms with van der Waals surface area (Å²) in [4.78, 5) is 26.5. The lowest BCUT2D eigenvalue weighted by Gasteiger charge is -2.11. The maximum atomic E-state index is 13.3. The smallest absolute Gasteiger partial charge is 0.416 e. The topological polar surface area (TPSA) is 80.7 Å². The van der Waals surface area contributed by atoms with E-state index in [9.17, 15) is 41.0 Å². The van der Waals surface area contributed by atoms with Gasteiger partial charge < -0.3 is 13.9 Å². The maximum Gasteiger partial charge on any atom is 0.416 e. The summed E-state index contributed by atoms with van der Waals surface area (Å²) >= 11 is 0. The summed E-state index contributed by atoms with van der Waals surface area (Å²) in [6.45, 7) is 0. The van der Waals surface area contributed by atoms with Crippen LogP contribution in [0.15, 0.2) is 85.5 Å². The average Bonchev–Trinajstić information content (AvgIpc) is 2.83. The summed E-state index contributed by atoms with van der Waals surface area (Å²) in [5.41, 5.74) is -5.29. The van der Waals surface area contributed by atoms with E-state index in [1.807, 2.05) is 0 Å². The van der Waals surface area contributed by atoms with Crippen LogP contribution in [0.1, 0.15) is 11.1 Å². The molecule has 0 aliphatic rings. The Bertz CT molecular complexity index is 1810. The summed E-state index contributed by atoms with van der Waals surface area (Å²) in [5, 5.41) is 9.64. The second kappa shape index (κ2) is 8.26. The van der Waals surface area contributed by atoms with E-state index >= 15 is 0 Å². The molecule has 0 amide bonds. The van der Waals surface area contributed by atoms with Crippen LogP contribution in [0.25, 0.3) is 44.2 Å². The lowest BCUT2D eigenvalue weighted by atomic mass is 10.00. The highest BCUT2D eigenvalue weighted by Crippen LogP contribution is 2.36.